The van der Waals surface area contributed by atoms with Crippen molar-refractivity contribution < 1.29 is 4.39 Å². The fourth-order valence-corrected chi connectivity index (χ4v) is 2.28. The van der Waals surface area contributed by atoms with Gasteiger partial charge in [0.1, 0.15) is 5.82 Å². The van der Waals surface area contributed by atoms with Gasteiger partial charge in [0.25, 0.3) is 0 Å². The molecule has 4 nitrogen and oxygen atoms in total. The van der Waals surface area contributed by atoms with E-state index in [0.717, 1.165) is 11.3 Å². The molecule has 1 heterocycles. The number of nitrogens with zero attached hydrogens (tertiary/aromatic N) is 2. The van der Waals surface area contributed by atoms with Crippen LogP contribution in [0.1, 0.15) is 5.56 Å². The van der Waals surface area contributed by atoms with Gasteiger partial charge in [0.05, 0.1) is 11.4 Å². The second-order valence-corrected chi connectivity index (χ2v) is 5.31. The van der Waals surface area contributed by atoms with Crippen LogP contribution in [0.4, 0.5) is 10.1 Å². The van der Waals surface area contributed by atoms with Crippen molar-refractivity contribution in [3.05, 3.63) is 78.4 Å². The van der Waals surface area contributed by atoms with Crippen LogP contribution in [0.5, 0.6) is 0 Å². The molecule has 3 aromatic rings. The molecule has 116 valence electrons. The van der Waals surface area contributed by atoms with E-state index < -0.39 is 0 Å². The minimum absolute atomic E-state index is 0.333. The fraction of sp³-hybridized carbons (Fsp3) is 0.0588. The lowest BCUT2D eigenvalue weighted by Crippen LogP contribution is -2.28. The van der Waals surface area contributed by atoms with E-state index in [-0.39, 0.29) is 5.82 Å². The first kappa shape index (κ1) is 15.2. The monoisotopic (exact) mass is 326 g/mol. The Morgan fingerprint density at radius 1 is 1.09 bits per heavy atom. The summed E-state index contributed by atoms with van der Waals surface area (Å²) in [6, 6.07) is 16.3. The Balaban J connectivity index is 1.56. The summed E-state index contributed by atoms with van der Waals surface area (Å²) in [6.07, 6.45) is 3.63. The van der Waals surface area contributed by atoms with Crippen LogP contribution >= 0.6 is 12.2 Å². The molecule has 0 saturated carbocycles. The summed E-state index contributed by atoms with van der Waals surface area (Å²) in [6.45, 7) is 0.555. The Morgan fingerprint density at radius 2 is 1.87 bits per heavy atom. The molecule has 0 saturated heterocycles. The normalized spacial score (nSPS) is 10.3. The SMILES string of the molecule is Fc1ccccc1NC(=S)NCc1ccc(-n2cccn2)cc1. The zero-order chi connectivity index (χ0) is 16.1. The minimum atomic E-state index is -0.333. The number of hydrogen-bond acceptors (Lipinski definition) is 2. The van der Waals surface area contributed by atoms with E-state index in [2.05, 4.69) is 15.7 Å². The van der Waals surface area contributed by atoms with Gasteiger partial charge in [-0.2, -0.15) is 5.10 Å². The molecule has 0 amide bonds. The summed E-state index contributed by atoms with van der Waals surface area (Å²) in [5.41, 5.74) is 2.42. The average Bonchev–Trinajstić information content (AvgIpc) is 3.10. The molecule has 6 heteroatoms. The molecule has 0 unspecified atom stereocenters. The van der Waals surface area contributed by atoms with Crippen LogP contribution in [0.3, 0.4) is 0 Å². The molecular formula is C17H15FN4S. The average molecular weight is 326 g/mol. The van der Waals surface area contributed by atoms with Gasteiger partial charge in [0.2, 0.25) is 0 Å². The zero-order valence-electron chi connectivity index (χ0n) is 12.2. The van der Waals surface area contributed by atoms with Crippen molar-refractivity contribution in [1.82, 2.24) is 15.1 Å². The van der Waals surface area contributed by atoms with E-state index in [1.807, 2.05) is 36.5 Å². The van der Waals surface area contributed by atoms with Gasteiger partial charge in [0.15, 0.2) is 5.11 Å². The highest BCUT2D eigenvalue weighted by Gasteiger charge is 2.03. The molecule has 2 aromatic carbocycles. The number of halogens is 1. The Kier molecular flexibility index (Phi) is 4.63. The van der Waals surface area contributed by atoms with Gasteiger partial charge in [0, 0.05) is 18.9 Å². The van der Waals surface area contributed by atoms with E-state index >= 15 is 0 Å². The maximum absolute atomic E-state index is 13.5. The number of thiocarbonyl (C=S) groups is 1. The van der Waals surface area contributed by atoms with Crippen molar-refractivity contribution in [2.45, 2.75) is 6.54 Å². The predicted octanol–water partition coefficient (Wildman–Crippen LogP) is 3.50. The minimum Gasteiger partial charge on any atom is -0.358 e. The van der Waals surface area contributed by atoms with Gasteiger partial charge in [-0.05, 0) is 48.1 Å². The summed E-state index contributed by atoms with van der Waals surface area (Å²) in [5.74, 6) is -0.333. The van der Waals surface area contributed by atoms with Crippen LogP contribution in [0.15, 0.2) is 67.0 Å². The molecular weight excluding hydrogens is 311 g/mol. The number of rotatable bonds is 4. The largest absolute Gasteiger partial charge is 0.358 e. The summed E-state index contributed by atoms with van der Waals surface area (Å²) in [5, 5.41) is 10.5. The zero-order valence-corrected chi connectivity index (χ0v) is 13.1. The quantitative estimate of drug-likeness (QED) is 0.720. The molecule has 0 aliphatic rings. The van der Waals surface area contributed by atoms with Gasteiger partial charge >= 0.3 is 0 Å². The van der Waals surface area contributed by atoms with Crippen molar-refractivity contribution in [2.24, 2.45) is 0 Å². The van der Waals surface area contributed by atoms with Gasteiger partial charge in [-0.1, -0.05) is 24.3 Å². The number of hydrogen-bond donors (Lipinski definition) is 2. The summed E-state index contributed by atoms with van der Waals surface area (Å²) in [4.78, 5) is 0. The molecule has 23 heavy (non-hydrogen) atoms. The van der Waals surface area contributed by atoms with E-state index in [4.69, 9.17) is 12.2 Å². The Morgan fingerprint density at radius 3 is 2.57 bits per heavy atom. The van der Waals surface area contributed by atoms with E-state index in [9.17, 15) is 4.39 Å². The number of para-hydroxylation sites is 1. The summed E-state index contributed by atoms with van der Waals surface area (Å²) >= 11 is 5.18. The Labute approximate surface area is 139 Å². The first-order valence-corrected chi connectivity index (χ1v) is 7.51. The Hall–Kier alpha value is -2.73. The van der Waals surface area contributed by atoms with E-state index in [1.54, 1.807) is 29.1 Å². The lowest BCUT2D eigenvalue weighted by molar-refractivity contribution is 0.632. The van der Waals surface area contributed by atoms with Gasteiger partial charge in [-0.25, -0.2) is 9.07 Å². The van der Waals surface area contributed by atoms with Crippen LogP contribution in [0, 0.1) is 5.82 Å². The molecule has 0 aliphatic heterocycles. The maximum atomic E-state index is 13.5. The maximum Gasteiger partial charge on any atom is 0.171 e. The Bertz CT molecular complexity index is 785. The molecule has 0 atom stereocenters. The van der Waals surface area contributed by atoms with Gasteiger partial charge < -0.3 is 10.6 Å². The first-order chi connectivity index (χ1) is 11.2. The molecule has 0 bridgehead atoms. The molecule has 0 fully saturated rings. The van der Waals surface area contributed by atoms with Crippen LogP contribution < -0.4 is 10.6 Å². The van der Waals surface area contributed by atoms with Crippen LogP contribution in [0.2, 0.25) is 0 Å². The van der Waals surface area contributed by atoms with E-state index in [0.29, 0.717) is 17.3 Å². The molecule has 2 N–H and O–H groups in total. The lowest BCUT2D eigenvalue weighted by Gasteiger charge is -2.11. The summed E-state index contributed by atoms with van der Waals surface area (Å²) in [7, 11) is 0. The lowest BCUT2D eigenvalue weighted by atomic mass is 10.2. The second kappa shape index (κ2) is 7.02. The molecule has 3 rings (SSSR count). The number of nitrogens with one attached hydrogen (secondary N) is 2. The van der Waals surface area contributed by atoms with Crippen molar-refractivity contribution >= 4 is 23.0 Å². The third-order valence-electron chi connectivity index (χ3n) is 3.28. The molecule has 0 aliphatic carbocycles. The molecule has 0 radical (unpaired) electrons. The topological polar surface area (TPSA) is 41.9 Å². The van der Waals surface area contributed by atoms with Crippen molar-refractivity contribution in [2.75, 3.05) is 5.32 Å². The third kappa shape index (κ3) is 3.92. The highest BCUT2D eigenvalue weighted by Crippen LogP contribution is 2.12. The fourth-order valence-electron chi connectivity index (χ4n) is 2.10. The molecule has 1 aromatic heterocycles. The van der Waals surface area contributed by atoms with Crippen molar-refractivity contribution in [1.29, 1.82) is 0 Å². The van der Waals surface area contributed by atoms with Crippen molar-refractivity contribution in [3.8, 4) is 5.69 Å². The van der Waals surface area contributed by atoms with Crippen molar-refractivity contribution in [3.63, 3.8) is 0 Å². The number of benzene rings is 2. The summed E-state index contributed by atoms with van der Waals surface area (Å²) < 4.78 is 15.3. The van der Waals surface area contributed by atoms with Gasteiger partial charge in [-0.3, -0.25) is 0 Å². The van der Waals surface area contributed by atoms with Crippen LogP contribution in [0.25, 0.3) is 5.69 Å². The van der Waals surface area contributed by atoms with Crippen LogP contribution in [-0.4, -0.2) is 14.9 Å². The predicted molar refractivity (Wildman–Crippen MR) is 93.0 cm³/mol. The molecule has 0 spiro atoms. The van der Waals surface area contributed by atoms with Gasteiger partial charge in [-0.15, -0.1) is 0 Å². The third-order valence-corrected chi connectivity index (χ3v) is 3.53. The first-order valence-electron chi connectivity index (χ1n) is 7.11. The second-order valence-electron chi connectivity index (χ2n) is 4.90. The smallest absolute Gasteiger partial charge is 0.171 e. The highest BCUT2D eigenvalue weighted by molar-refractivity contribution is 7.80. The van der Waals surface area contributed by atoms with E-state index in [1.165, 1.54) is 6.07 Å². The van der Waals surface area contributed by atoms with Crippen LogP contribution in [-0.2, 0) is 6.54 Å². The number of anilines is 1. The number of aromatic nitrogens is 2. The standard InChI is InChI=1S/C17H15FN4S/c18-15-4-1-2-5-16(15)21-17(23)19-12-13-6-8-14(9-7-13)22-11-3-10-20-22/h1-11H,12H2,(H2,19,21,23). The highest BCUT2D eigenvalue weighted by atomic mass is 32.1.